The molecular formula is C18H22N4O2. The van der Waals surface area contributed by atoms with Crippen LogP contribution in [-0.4, -0.2) is 46.3 Å². The number of nitrogens with zero attached hydrogens (tertiary/aromatic N) is 3. The Morgan fingerprint density at radius 1 is 1.12 bits per heavy atom. The second-order valence-corrected chi connectivity index (χ2v) is 5.92. The number of rotatable bonds is 6. The molecule has 0 radical (unpaired) electrons. The van der Waals surface area contributed by atoms with Crippen molar-refractivity contribution >= 4 is 11.8 Å². The molecule has 2 rings (SSSR count). The van der Waals surface area contributed by atoms with Crippen LogP contribution in [0.15, 0.2) is 43.0 Å². The third kappa shape index (κ3) is 4.87. The minimum atomic E-state index is -0.230. The summed E-state index contributed by atoms with van der Waals surface area (Å²) in [6, 6.07) is 5.46. The van der Waals surface area contributed by atoms with E-state index >= 15 is 0 Å². The minimum Gasteiger partial charge on any atom is -0.350 e. The molecule has 1 N–H and O–H groups in total. The van der Waals surface area contributed by atoms with Gasteiger partial charge in [0, 0.05) is 44.4 Å². The molecular weight excluding hydrogens is 304 g/mol. The number of hydrogen-bond acceptors (Lipinski definition) is 4. The molecule has 126 valence electrons. The van der Waals surface area contributed by atoms with E-state index in [9.17, 15) is 9.59 Å². The molecule has 0 aliphatic carbocycles. The Balaban J connectivity index is 2.02. The summed E-state index contributed by atoms with van der Waals surface area (Å²) >= 11 is 0. The molecule has 0 saturated carbocycles. The quantitative estimate of drug-likeness (QED) is 0.880. The summed E-state index contributed by atoms with van der Waals surface area (Å²) in [5, 5.41) is 2.79. The number of hydrogen-bond donors (Lipinski definition) is 1. The van der Waals surface area contributed by atoms with Gasteiger partial charge in [0.15, 0.2) is 0 Å². The van der Waals surface area contributed by atoms with Gasteiger partial charge in [0.25, 0.3) is 11.8 Å². The Morgan fingerprint density at radius 2 is 1.79 bits per heavy atom. The van der Waals surface area contributed by atoms with Crippen molar-refractivity contribution < 1.29 is 9.59 Å². The number of likely N-dealkylation sites (N-methyl/N-ethyl adjacent to an activating group) is 1. The average Bonchev–Trinajstić information content (AvgIpc) is 2.59. The molecule has 0 atom stereocenters. The van der Waals surface area contributed by atoms with E-state index in [-0.39, 0.29) is 17.9 Å². The highest BCUT2D eigenvalue weighted by atomic mass is 16.2. The fourth-order valence-electron chi connectivity index (χ4n) is 2.19. The van der Waals surface area contributed by atoms with E-state index in [0.717, 1.165) is 12.0 Å². The molecule has 0 fully saturated rings. The van der Waals surface area contributed by atoms with Gasteiger partial charge in [0.2, 0.25) is 0 Å². The molecule has 2 heterocycles. The van der Waals surface area contributed by atoms with E-state index in [0.29, 0.717) is 17.7 Å². The van der Waals surface area contributed by atoms with Crippen LogP contribution in [0.3, 0.4) is 0 Å². The van der Waals surface area contributed by atoms with Crippen molar-refractivity contribution in [3.8, 4) is 0 Å². The van der Waals surface area contributed by atoms with Crippen LogP contribution < -0.4 is 5.32 Å². The zero-order valence-electron chi connectivity index (χ0n) is 14.2. The Labute approximate surface area is 141 Å². The smallest absolute Gasteiger partial charge is 0.255 e. The summed E-state index contributed by atoms with van der Waals surface area (Å²) < 4.78 is 0. The van der Waals surface area contributed by atoms with Crippen LogP contribution in [0, 0.1) is 0 Å². The van der Waals surface area contributed by atoms with Crippen LogP contribution in [0.25, 0.3) is 0 Å². The molecule has 24 heavy (non-hydrogen) atoms. The second-order valence-electron chi connectivity index (χ2n) is 5.92. The number of amides is 2. The second kappa shape index (κ2) is 8.19. The van der Waals surface area contributed by atoms with Gasteiger partial charge in [-0.3, -0.25) is 19.6 Å². The first kappa shape index (κ1) is 17.6. The summed E-state index contributed by atoms with van der Waals surface area (Å²) in [6.45, 7) is 4.34. The lowest BCUT2D eigenvalue weighted by Crippen LogP contribution is -2.31. The van der Waals surface area contributed by atoms with Crippen molar-refractivity contribution in [2.45, 2.75) is 26.3 Å². The molecule has 0 unspecified atom stereocenters. The molecule has 0 spiro atoms. The molecule has 6 nitrogen and oxygen atoms in total. The standard InChI is InChI=1S/C18H22N4O2/c1-13(2)21-17(23)15-10-16(12-20-11-15)18(24)22(3)9-6-14-4-7-19-8-5-14/h4-5,7-8,10-13H,6,9H2,1-3H3,(H,21,23). The van der Waals surface area contributed by atoms with E-state index in [2.05, 4.69) is 15.3 Å². The summed E-state index contributed by atoms with van der Waals surface area (Å²) in [6.07, 6.45) is 7.16. The Morgan fingerprint density at radius 3 is 2.46 bits per heavy atom. The Kier molecular flexibility index (Phi) is 6.01. The van der Waals surface area contributed by atoms with Crippen LogP contribution >= 0.6 is 0 Å². The number of carbonyl (C=O) groups is 2. The van der Waals surface area contributed by atoms with Gasteiger partial charge >= 0.3 is 0 Å². The zero-order chi connectivity index (χ0) is 17.5. The average molecular weight is 326 g/mol. The highest BCUT2D eigenvalue weighted by Gasteiger charge is 2.15. The molecule has 2 aromatic rings. The van der Waals surface area contributed by atoms with Crippen LogP contribution in [0.5, 0.6) is 0 Å². The first-order valence-electron chi connectivity index (χ1n) is 7.87. The van der Waals surface area contributed by atoms with Gasteiger partial charge in [-0.2, -0.15) is 0 Å². The maximum absolute atomic E-state index is 12.5. The Hall–Kier alpha value is -2.76. The van der Waals surface area contributed by atoms with Crippen molar-refractivity contribution in [3.05, 3.63) is 59.7 Å². The lowest BCUT2D eigenvalue weighted by atomic mass is 10.1. The van der Waals surface area contributed by atoms with Crippen LogP contribution in [0.4, 0.5) is 0 Å². The topological polar surface area (TPSA) is 75.2 Å². The first-order valence-corrected chi connectivity index (χ1v) is 7.87. The molecule has 2 aromatic heterocycles. The van der Waals surface area contributed by atoms with Crippen molar-refractivity contribution in [2.75, 3.05) is 13.6 Å². The van der Waals surface area contributed by atoms with Crippen molar-refractivity contribution in [1.29, 1.82) is 0 Å². The minimum absolute atomic E-state index is 0.0277. The van der Waals surface area contributed by atoms with Crippen LogP contribution in [0.2, 0.25) is 0 Å². The van der Waals surface area contributed by atoms with E-state index < -0.39 is 0 Å². The third-order valence-electron chi connectivity index (χ3n) is 3.50. The lowest BCUT2D eigenvalue weighted by Gasteiger charge is -2.17. The van der Waals surface area contributed by atoms with Gasteiger partial charge in [0.1, 0.15) is 0 Å². The predicted molar refractivity (Wildman–Crippen MR) is 91.7 cm³/mol. The number of aromatic nitrogens is 2. The van der Waals surface area contributed by atoms with E-state index in [1.165, 1.54) is 12.4 Å². The SMILES string of the molecule is CC(C)NC(=O)c1cncc(C(=O)N(C)CCc2ccncc2)c1. The predicted octanol–water partition coefficient (Wildman–Crippen LogP) is 1.93. The summed E-state index contributed by atoms with van der Waals surface area (Å²) in [4.78, 5) is 34.2. The number of nitrogens with one attached hydrogen (secondary N) is 1. The van der Waals surface area contributed by atoms with Crippen LogP contribution in [-0.2, 0) is 6.42 Å². The van der Waals surface area contributed by atoms with Gasteiger partial charge in [-0.25, -0.2) is 0 Å². The molecule has 0 saturated heterocycles. The van der Waals surface area contributed by atoms with Crippen LogP contribution in [0.1, 0.15) is 40.1 Å². The van der Waals surface area contributed by atoms with E-state index in [4.69, 9.17) is 0 Å². The highest BCUT2D eigenvalue weighted by Crippen LogP contribution is 2.08. The first-order chi connectivity index (χ1) is 11.5. The summed E-state index contributed by atoms with van der Waals surface area (Å²) in [5.41, 5.74) is 1.91. The Bertz CT molecular complexity index is 701. The maximum atomic E-state index is 12.5. The molecule has 0 aliphatic rings. The largest absolute Gasteiger partial charge is 0.350 e. The van der Waals surface area contributed by atoms with Gasteiger partial charge in [-0.1, -0.05) is 0 Å². The molecule has 0 aliphatic heterocycles. The van der Waals surface area contributed by atoms with Crippen molar-refractivity contribution in [3.63, 3.8) is 0 Å². The van der Waals surface area contributed by atoms with Gasteiger partial charge < -0.3 is 10.2 Å². The highest BCUT2D eigenvalue weighted by molar-refractivity contribution is 5.99. The number of pyridine rings is 2. The van der Waals surface area contributed by atoms with Gasteiger partial charge in [0.05, 0.1) is 11.1 Å². The molecule has 0 bridgehead atoms. The fraction of sp³-hybridized carbons (Fsp3) is 0.333. The zero-order valence-corrected chi connectivity index (χ0v) is 14.2. The fourth-order valence-corrected chi connectivity index (χ4v) is 2.19. The summed E-state index contributed by atoms with van der Waals surface area (Å²) in [5.74, 6) is -0.387. The lowest BCUT2D eigenvalue weighted by molar-refractivity contribution is 0.0796. The molecule has 0 aromatic carbocycles. The maximum Gasteiger partial charge on any atom is 0.255 e. The van der Waals surface area contributed by atoms with E-state index in [1.807, 2.05) is 26.0 Å². The normalized spacial score (nSPS) is 10.5. The van der Waals surface area contributed by atoms with Crippen molar-refractivity contribution in [2.24, 2.45) is 0 Å². The molecule has 6 heteroatoms. The number of carbonyl (C=O) groups excluding carboxylic acids is 2. The van der Waals surface area contributed by atoms with Crippen molar-refractivity contribution in [1.82, 2.24) is 20.2 Å². The van der Waals surface area contributed by atoms with E-state index in [1.54, 1.807) is 30.4 Å². The third-order valence-corrected chi connectivity index (χ3v) is 3.50. The monoisotopic (exact) mass is 326 g/mol. The summed E-state index contributed by atoms with van der Waals surface area (Å²) in [7, 11) is 1.74. The molecule has 2 amide bonds. The van der Waals surface area contributed by atoms with Gasteiger partial charge in [-0.05, 0) is 44.0 Å². The van der Waals surface area contributed by atoms with Gasteiger partial charge in [-0.15, -0.1) is 0 Å².